The van der Waals surface area contributed by atoms with Gasteiger partial charge in [0.25, 0.3) is 0 Å². The van der Waals surface area contributed by atoms with E-state index in [2.05, 4.69) is 37.6 Å². The van der Waals surface area contributed by atoms with Gasteiger partial charge in [0.05, 0.1) is 3.79 Å². The molecule has 1 heterocycles. The van der Waals surface area contributed by atoms with Gasteiger partial charge >= 0.3 is 0 Å². The quantitative estimate of drug-likeness (QED) is 0.793. The lowest BCUT2D eigenvalue weighted by Crippen LogP contribution is -2.41. The maximum atomic E-state index is 11.8. The van der Waals surface area contributed by atoms with Crippen LogP contribution in [-0.4, -0.2) is 36.5 Å². The van der Waals surface area contributed by atoms with Crippen LogP contribution in [0.25, 0.3) is 0 Å². The standard InChI is InChI=1S/C13H20BrN3OS/c1-17(7-9-4-12(14)19-8-9)11(6-15)5-13(18)16-10-2-3-10/h4,8,10-11H,2-3,5-7,15H2,1H3,(H,16,18). The highest BCUT2D eigenvalue weighted by atomic mass is 79.9. The summed E-state index contributed by atoms with van der Waals surface area (Å²) in [5, 5.41) is 5.14. The van der Waals surface area contributed by atoms with Gasteiger partial charge in [-0.15, -0.1) is 11.3 Å². The van der Waals surface area contributed by atoms with Crippen molar-refractivity contribution in [1.29, 1.82) is 0 Å². The van der Waals surface area contributed by atoms with Crippen LogP contribution in [0.1, 0.15) is 24.8 Å². The zero-order valence-corrected chi connectivity index (χ0v) is 13.5. The second-order valence-electron chi connectivity index (χ2n) is 5.11. The molecule has 1 aliphatic rings. The number of rotatable bonds is 7. The van der Waals surface area contributed by atoms with Gasteiger partial charge in [0.1, 0.15) is 0 Å². The zero-order valence-electron chi connectivity index (χ0n) is 11.1. The Bertz CT molecular complexity index is 433. The molecule has 0 aliphatic heterocycles. The van der Waals surface area contributed by atoms with Gasteiger partial charge in [-0.1, -0.05) is 0 Å². The molecule has 6 heteroatoms. The molecule has 1 fully saturated rings. The van der Waals surface area contributed by atoms with Crippen molar-refractivity contribution in [3.63, 3.8) is 0 Å². The number of amides is 1. The van der Waals surface area contributed by atoms with Crippen molar-refractivity contribution in [3.05, 3.63) is 20.8 Å². The van der Waals surface area contributed by atoms with E-state index in [1.54, 1.807) is 11.3 Å². The third-order valence-corrected chi connectivity index (χ3v) is 4.87. The molecule has 0 saturated heterocycles. The van der Waals surface area contributed by atoms with Gasteiger partial charge in [0, 0.05) is 31.6 Å². The van der Waals surface area contributed by atoms with Crippen LogP contribution in [-0.2, 0) is 11.3 Å². The van der Waals surface area contributed by atoms with Crippen LogP contribution in [0.15, 0.2) is 15.2 Å². The average molecular weight is 346 g/mol. The first-order chi connectivity index (χ1) is 9.08. The number of hydrogen-bond donors (Lipinski definition) is 2. The lowest BCUT2D eigenvalue weighted by Gasteiger charge is -2.26. The molecular weight excluding hydrogens is 326 g/mol. The molecule has 1 unspecified atom stereocenters. The smallest absolute Gasteiger partial charge is 0.221 e. The van der Waals surface area contributed by atoms with Gasteiger partial charge in [-0.3, -0.25) is 9.69 Å². The van der Waals surface area contributed by atoms with Crippen molar-refractivity contribution in [1.82, 2.24) is 10.2 Å². The highest BCUT2D eigenvalue weighted by molar-refractivity contribution is 9.11. The molecule has 1 saturated carbocycles. The normalized spacial score (nSPS) is 16.6. The van der Waals surface area contributed by atoms with Crippen LogP contribution < -0.4 is 11.1 Å². The molecular formula is C13H20BrN3OS. The van der Waals surface area contributed by atoms with Crippen molar-refractivity contribution in [2.24, 2.45) is 5.73 Å². The number of thiophene rings is 1. The fourth-order valence-corrected chi connectivity index (χ4v) is 3.19. The number of hydrogen-bond acceptors (Lipinski definition) is 4. The molecule has 4 nitrogen and oxygen atoms in total. The Hall–Kier alpha value is -0.430. The predicted octanol–water partition coefficient (Wildman–Crippen LogP) is 1.94. The van der Waals surface area contributed by atoms with Gasteiger partial charge in [-0.25, -0.2) is 0 Å². The van der Waals surface area contributed by atoms with Crippen LogP contribution in [0.5, 0.6) is 0 Å². The summed E-state index contributed by atoms with van der Waals surface area (Å²) >= 11 is 5.14. The Kier molecular flexibility index (Phi) is 5.38. The maximum Gasteiger partial charge on any atom is 0.221 e. The monoisotopic (exact) mass is 345 g/mol. The van der Waals surface area contributed by atoms with E-state index < -0.39 is 0 Å². The van der Waals surface area contributed by atoms with E-state index in [0.717, 1.165) is 23.2 Å². The number of nitrogens with one attached hydrogen (secondary N) is 1. The fraction of sp³-hybridized carbons (Fsp3) is 0.615. The van der Waals surface area contributed by atoms with Crippen LogP contribution >= 0.6 is 27.3 Å². The lowest BCUT2D eigenvalue weighted by atomic mass is 10.1. The van der Waals surface area contributed by atoms with Crippen molar-refractivity contribution in [2.45, 2.75) is 37.9 Å². The Morgan fingerprint density at radius 3 is 2.95 bits per heavy atom. The lowest BCUT2D eigenvalue weighted by molar-refractivity contribution is -0.122. The topological polar surface area (TPSA) is 58.4 Å². The summed E-state index contributed by atoms with van der Waals surface area (Å²) < 4.78 is 1.13. The minimum absolute atomic E-state index is 0.0948. The molecule has 0 spiro atoms. The Labute approximate surface area is 126 Å². The van der Waals surface area contributed by atoms with Gasteiger partial charge in [0.15, 0.2) is 0 Å². The van der Waals surface area contributed by atoms with E-state index in [1.165, 1.54) is 5.56 Å². The minimum Gasteiger partial charge on any atom is -0.353 e. The van der Waals surface area contributed by atoms with E-state index in [1.807, 2.05) is 7.05 Å². The number of halogens is 1. The molecule has 1 aromatic rings. The first-order valence-electron chi connectivity index (χ1n) is 6.51. The SMILES string of the molecule is CN(Cc1csc(Br)c1)C(CN)CC(=O)NC1CC1. The second kappa shape index (κ2) is 6.83. The second-order valence-corrected chi connectivity index (χ2v) is 7.40. The highest BCUT2D eigenvalue weighted by Crippen LogP contribution is 2.22. The molecule has 2 rings (SSSR count). The largest absolute Gasteiger partial charge is 0.353 e. The summed E-state index contributed by atoms with van der Waals surface area (Å²) in [6, 6.07) is 2.63. The van der Waals surface area contributed by atoms with E-state index in [4.69, 9.17) is 5.73 Å². The summed E-state index contributed by atoms with van der Waals surface area (Å²) in [7, 11) is 2.02. The molecule has 1 aromatic heterocycles. The van der Waals surface area contributed by atoms with E-state index in [9.17, 15) is 4.79 Å². The van der Waals surface area contributed by atoms with E-state index in [-0.39, 0.29) is 11.9 Å². The van der Waals surface area contributed by atoms with Gasteiger partial charge in [-0.2, -0.15) is 0 Å². The Morgan fingerprint density at radius 1 is 1.68 bits per heavy atom. The third kappa shape index (κ3) is 4.87. The fourth-order valence-electron chi connectivity index (χ4n) is 1.99. The van der Waals surface area contributed by atoms with Crippen molar-refractivity contribution in [2.75, 3.05) is 13.6 Å². The Balaban J connectivity index is 1.83. The minimum atomic E-state index is 0.0948. The number of nitrogens with two attached hydrogens (primary N) is 1. The van der Waals surface area contributed by atoms with Crippen molar-refractivity contribution in [3.8, 4) is 0 Å². The number of carbonyl (C=O) groups is 1. The first-order valence-corrected chi connectivity index (χ1v) is 8.18. The molecule has 1 aliphatic carbocycles. The first kappa shape index (κ1) is 15.0. The van der Waals surface area contributed by atoms with E-state index >= 15 is 0 Å². The number of carbonyl (C=O) groups excluding carboxylic acids is 1. The maximum absolute atomic E-state index is 11.8. The summed E-state index contributed by atoms with van der Waals surface area (Å²) in [5.41, 5.74) is 7.05. The molecule has 3 N–H and O–H groups in total. The molecule has 0 aromatic carbocycles. The predicted molar refractivity (Wildman–Crippen MR) is 82.1 cm³/mol. The molecule has 19 heavy (non-hydrogen) atoms. The summed E-state index contributed by atoms with van der Waals surface area (Å²) in [4.78, 5) is 14.0. The van der Waals surface area contributed by atoms with Gasteiger partial charge < -0.3 is 11.1 Å². The molecule has 0 radical (unpaired) electrons. The van der Waals surface area contributed by atoms with Crippen molar-refractivity contribution >= 4 is 33.2 Å². The van der Waals surface area contributed by atoms with Crippen LogP contribution in [0, 0.1) is 0 Å². The molecule has 1 amide bonds. The van der Waals surface area contributed by atoms with Crippen molar-refractivity contribution < 1.29 is 4.79 Å². The molecule has 0 bridgehead atoms. The summed E-state index contributed by atoms with van der Waals surface area (Å²) in [5.74, 6) is 0.122. The Morgan fingerprint density at radius 2 is 2.42 bits per heavy atom. The summed E-state index contributed by atoms with van der Waals surface area (Å²) in [6.45, 7) is 1.32. The third-order valence-electron chi connectivity index (χ3n) is 3.31. The van der Waals surface area contributed by atoms with E-state index in [0.29, 0.717) is 19.0 Å². The molecule has 106 valence electrons. The molecule has 1 atom stereocenters. The zero-order chi connectivity index (χ0) is 13.8. The highest BCUT2D eigenvalue weighted by Gasteiger charge is 2.25. The van der Waals surface area contributed by atoms with Crippen LogP contribution in [0.2, 0.25) is 0 Å². The van der Waals surface area contributed by atoms with Crippen LogP contribution in [0.4, 0.5) is 0 Å². The van der Waals surface area contributed by atoms with Gasteiger partial charge in [0.2, 0.25) is 5.91 Å². The number of nitrogens with zero attached hydrogens (tertiary/aromatic N) is 1. The van der Waals surface area contributed by atoms with Crippen LogP contribution in [0.3, 0.4) is 0 Å². The number of likely N-dealkylation sites (N-methyl/N-ethyl adjacent to an activating group) is 1. The van der Waals surface area contributed by atoms with Gasteiger partial charge in [-0.05, 0) is 52.8 Å². The average Bonchev–Trinajstić information content (AvgIpc) is 3.08. The summed E-state index contributed by atoms with van der Waals surface area (Å²) in [6.07, 6.45) is 2.73.